The first kappa shape index (κ1) is 14.4. The maximum Gasteiger partial charge on any atom is 0.288 e. The summed E-state index contributed by atoms with van der Waals surface area (Å²) in [5.74, 6) is -1.59. The topological polar surface area (TPSA) is 51.0 Å². The first-order chi connectivity index (χ1) is 9.10. The van der Waals surface area contributed by atoms with Gasteiger partial charge in [0.25, 0.3) is 11.6 Å². The number of thioether (sulfide) groups is 1. The zero-order valence-electron chi connectivity index (χ0n) is 10.4. The zero-order chi connectivity index (χ0) is 13.8. The molecule has 4 nitrogen and oxygen atoms in total. The van der Waals surface area contributed by atoms with Crippen LogP contribution in [-0.4, -0.2) is 29.0 Å². The van der Waals surface area contributed by atoms with Crippen LogP contribution in [0, 0.1) is 0 Å². The molecule has 1 N–H and O–H groups in total. The second kappa shape index (κ2) is 6.44. The number of hydrogen-bond acceptors (Lipinski definition) is 6. The molecule has 0 aliphatic heterocycles. The van der Waals surface area contributed by atoms with Crippen LogP contribution in [0.1, 0.15) is 12.7 Å². The van der Waals surface area contributed by atoms with Crippen molar-refractivity contribution in [1.82, 2.24) is 15.5 Å². The van der Waals surface area contributed by atoms with Crippen LogP contribution in [-0.2, 0) is 6.42 Å². The summed E-state index contributed by atoms with van der Waals surface area (Å²) in [7, 11) is 1.85. The fourth-order valence-electron chi connectivity index (χ4n) is 1.45. The molecule has 104 valence electrons. The molecule has 0 aromatic carbocycles. The minimum atomic E-state index is -2.46. The Morgan fingerprint density at radius 2 is 2.32 bits per heavy atom. The summed E-state index contributed by atoms with van der Waals surface area (Å²) in [4.78, 5) is 5.31. The van der Waals surface area contributed by atoms with Crippen LogP contribution in [0.3, 0.4) is 0 Å². The van der Waals surface area contributed by atoms with Crippen LogP contribution < -0.4 is 5.32 Å². The van der Waals surface area contributed by atoms with Crippen molar-refractivity contribution in [2.24, 2.45) is 0 Å². The lowest BCUT2D eigenvalue weighted by molar-refractivity contribution is 0.252. The molecule has 2 rings (SSSR count). The molecular formula is C11H13F2N3OS2. The third kappa shape index (κ3) is 3.74. The monoisotopic (exact) mass is 305 g/mol. The minimum absolute atomic E-state index is 0.226. The number of alkyl halides is 2. The van der Waals surface area contributed by atoms with Gasteiger partial charge in [0.2, 0.25) is 0 Å². The lowest BCUT2D eigenvalue weighted by Gasteiger charge is -2.04. The summed E-state index contributed by atoms with van der Waals surface area (Å²) in [5.41, 5.74) is 0. The number of hydrogen-bond donors (Lipinski definition) is 1. The predicted molar refractivity (Wildman–Crippen MR) is 71.7 cm³/mol. The van der Waals surface area contributed by atoms with Crippen molar-refractivity contribution in [2.45, 2.75) is 30.0 Å². The lowest BCUT2D eigenvalue weighted by Crippen LogP contribution is -2.24. The Labute approximate surface area is 117 Å². The largest absolute Gasteiger partial charge is 0.333 e. The van der Waals surface area contributed by atoms with E-state index < -0.39 is 5.76 Å². The number of thiophene rings is 1. The maximum absolute atomic E-state index is 12.4. The van der Waals surface area contributed by atoms with Gasteiger partial charge >= 0.3 is 0 Å². The van der Waals surface area contributed by atoms with E-state index in [0.29, 0.717) is 39.7 Å². The summed E-state index contributed by atoms with van der Waals surface area (Å²) < 4.78 is 30.0. The minimum Gasteiger partial charge on any atom is -0.333 e. The molecule has 19 heavy (non-hydrogen) atoms. The first-order valence-corrected chi connectivity index (χ1v) is 7.38. The molecular weight excluding hydrogens is 292 g/mol. The summed E-state index contributed by atoms with van der Waals surface area (Å²) in [6, 6.07) is 1.86. The van der Waals surface area contributed by atoms with Crippen molar-refractivity contribution in [3.05, 3.63) is 17.3 Å². The Morgan fingerprint density at radius 1 is 1.53 bits per heavy atom. The molecule has 1 unspecified atom stereocenters. The highest BCUT2D eigenvalue weighted by molar-refractivity contribution is 7.99. The standard InChI is InChI=1S/C11H13F2N3OS2/c1-6(14-2)5-8-15-10(17-16-8)9-7(3-4-18-9)19-11(12)13/h3-4,6,11,14H,5H2,1-2H3. The molecule has 0 aliphatic carbocycles. The van der Waals surface area contributed by atoms with E-state index in [1.807, 2.05) is 14.0 Å². The number of rotatable bonds is 6. The van der Waals surface area contributed by atoms with Crippen LogP contribution in [0.4, 0.5) is 8.78 Å². The number of aromatic nitrogens is 2. The van der Waals surface area contributed by atoms with E-state index in [-0.39, 0.29) is 6.04 Å². The molecule has 8 heteroatoms. The van der Waals surface area contributed by atoms with Crippen LogP contribution in [0.15, 0.2) is 20.9 Å². The Hall–Kier alpha value is -0.990. The van der Waals surface area contributed by atoms with Gasteiger partial charge in [-0.05, 0) is 25.4 Å². The summed E-state index contributed by atoms with van der Waals surface area (Å²) >= 11 is 1.81. The van der Waals surface area contributed by atoms with E-state index in [1.165, 1.54) is 11.3 Å². The lowest BCUT2D eigenvalue weighted by atomic mass is 10.2. The quantitative estimate of drug-likeness (QED) is 0.830. The van der Waals surface area contributed by atoms with Crippen molar-refractivity contribution in [3.63, 3.8) is 0 Å². The Balaban J connectivity index is 2.16. The van der Waals surface area contributed by atoms with E-state index in [4.69, 9.17) is 4.52 Å². The van der Waals surface area contributed by atoms with Crippen LogP contribution in [0.2, 0.25) is 0 Å². The molecule has 2 heterocycles. The normalized spacial score (nSPS) is 13.1. The van der Waals surface area contributed by atoms with Gasteiger partial charge in [-0.1, -0.05) is 16.9 Å². The van der Waals surface area contributed by atoms with Crippen LogP contribution >= 0.6 is 23.1 Å². The van der Waals surface area contributed by atoms with Gasteiger partial charge in [0, 0.05) is 17.4 Å². The SMILES string of the molecule is CNC(C)Cc1noc(-c2sccc2SC(F)F)n1. The molecule has 0 saturated heterocycles. The molecule has 0 radical (unpaired) electrons. The van der Waals surface area contributed by atoms with Gasteiger partial charge in [-0.3, -0.25) is 0 Å². The van der Waals surface area contributed by atoms with Gasteiger partial charge in [-0.25, -0.2) is 0 Å². The molecule has 0 amide bonds. The second-order valence-electron chi connectivity index (χ2n) is 3.90. The zero-order valence-corrected chi connectivity index (χ0v) is 12.0. The fraction of sp³-hybridized carbons (Fsp3) is 0.455. The molecule has 2 aromatic rings. The molecule has 0 saturated carbocycles. The van der Waals surface area contributed by atoms with Crippen molar-refractivity contribution in [1.29, 1.82) is 0 Å². The average molecular weight is 305 g/mol. The van der Waals surface area contributed by atoms with Crippen molar-refractivity contribution >= 4 is 23.1 Å². The van der Waals surface area contributed by atoms with E-state index in [9.17, 15) is 8.78 Å². The Bertz CT molecular complexity index is 529. The van der Waals surface area contributed by atoms with E-state index in [1.54, 1.807) is 11.4 Å². The van der Waals surface area contributed by atoms with Gasteiger partial charge in [0.15, 0.2) is 5.82 Å². The Morgan fingerprint density at radius 3 is 3.00 bits per heavy atom. The first-order valence-electron chi connectivity index (χ1n) is 5.62. The smallest absolute Gasteiger partial charge is 0.288 e. The molecule has 1 atom stereocenters. The molecule has 0 bridgehead atoms. The number of nitrogens with one attached hydrogen (secondary N) is 1. The maximum atomic E-state index is 12.4. The van der Waals surface area contributed by atoms with Crippen LogP contribution in [0.25, 0.3) is 10.8 Å². The second-order valence-corrected chi connectivity index (χ2v) is 5.85. The van der Waals surface area contributed by atoms with Gasteiger partial charge in [0.05, 0.1) is 0 Å². The van der Waals surface area contributed by atoms with E-state index in [2.05, 4.69) is 15.5 Å². The van der Waals surface area contributed by atoms with Crippen molar-refractivity contribution in [2.75, 3.05) is 7.05 Å². The third-order valence-electron chi connectivity index (χ3n) is 2.49. The van der Waals surface area contributed by atoms with Gasteiger partial charge in [-0.2, -0.15) is 13.8 Å². The third-order valence-corrected chi connectivity index (χ3v) is 4.29. The van der Waals surface area contributed by atoms with Crippen molar-refractivity contribution < 1.29 is 13.3 Å². The van der Waals surface area contributed by atoms with Gasteiger partial charge in [0.1, 0.15) is 4.88 Å². The Kier molecular flexibility index (Phi) is 4.89. The summed E-state index contributed by atoms with van der Waals surface area (Å²) in [6.45, 7) is 2.00. The average Bonchev–Trinajstić information content (AvgIpc) is 2.97. The predicted octanol–water partition coefficient (Wildman–Crippen LogP) is 3.26. The summed E-state index contributed by atoms with van der Waals surface area (Å²) in [6.07, 6.45) is 0.628. The highest BCUT2D eigenvalue weighted by Crippen LogP contribution is 2.37. The summed E-state index contributed by atoms with van der Waals surface area (Å²) in [5, 5.41) is 8.67. The molecule has 0 spiro atoms. The number of likely N-dealkylation sites (N-methyl/N-ethyl adjacent to an activating group) is 1. The van der Waals surface area contributed by atoms with Gasteiger partial charge < -0.3 is 9.84 Å². The molecule has 2 aromatic heterocycles. The van der Waals surface area contributed by atoms with E-state index >= 15 is 0 Å². The fourth-order valence-corrected chi connectivity index (χ4v) is 3.06. The number of nitrogens with zero attached hydrogens (tertiary/aromatic N) is 2. The van der Waals surface area contributed by atoms with Crippen LogP contribution in [0.5, 0.6) is 0 Å². The highest BCUT2D eigenvalue weighted by Gasteiger charge is 2.18. The molecule has 0 fully saturated rings. The number of halogens is 2. The van der Waals surface area contributed by atoms with Gasteiger partial charge in [-0.15, -0.1) is 11.3 Å². The van der Waals surface area contributed by atoms with Crippen molar-refractivity contribution in [3.8, 4) is 10.8 Å². The molecule has 0 aliphatic rings. The van der Waals surface area contributed by atoms with E-state index in [0.717, 1.165) is 0 Å². The highest BCUT2D eigenvalue weighted by atomic mass is 32.2.